The van der Waals surface area contributed by atoms with Gasteiger partial charge in [0.1, 0.15) is 17.2 Å². The summed E-state index contributed by atoms with van der Waals surface area (Å²) in [5.41, 5.74) is 0.936. The van der Waals surface area contributed by atoms with Gasteiger partial charge < -0.3 is 9.47 Å². The molecule has 0 aliphatic heterocycles. The molecule has 0 heterocycles. The molecule has 0 aliphatic rings. The van der Waals surface area contributed by atoms with Gasteiger partial charge in [0.05, 0.1) is 6.61 Å². The van der Waals surface area contributed by atoms with Gasteiger partial charge in [-0.3, -0.25) is 0 Å². The molecular weight excluding hydrogens is 328 g/mol. The molecule has 0 radical (unpaired) electrons. The van der Waals surface area contributed by atoms with Gasteiger partial charge >= 0.3 is 0 Å². The minimum absolute atomic E-state index is 0.632. The van der Waals surface area contributed by atoms with Gasteiger partial charge in [-0.2, -0.15) is 0 Å². The summed E-state index contributed by atoms with van der Waals surface area (Å²) in [6.45, 7) is 2.58. The van der Waals surface area contributed by atoms with Crippen molar-refractivity contribution in [2.45, 2.75) is 12.3 Å². The van der Waals surface area contributed by atoms with Crippen molar-refractivity contribution < 1.29 is 9.47 Å². The lowest BCUT2D eigenvalue weighted by atomic mass is 10.2. The van der Waals surface area contributed by atoms with E-state index in [4.69, 9.17) is 21.1 Å². The Balaban J connectivity index is 2.26. The minimum Gasteiger partial charge on any atom is -0.494 e. The predicted octanol–water partition coefficient (Wildman–Crippen LogP) is 5.43. The summed E-state index contributed by atoms with van der Waals surface area (Å²) in [5, 5.41) is 1.34. The van der Waals surface area contributed by atoms with Gasteiger partial charge in [-0.25, -0.2) is 0 Å². The van der Waals surface area contributed by atoms with E-state index in [1.165, 1.54) is 0 Å². The number of hydrogen-bond acceptors (Lipinski definition) is 2. The first kappa shape index (κ1) is 14.2. The van der Waals surface area contributed by atoms with Crippen LogP contribution in [0.25, 0.3) is 0 Å². The number of ether oxygens (including phenoxy) is 2. The van der Waals surface area contributed by atoms with Crippen molar-refractivity contribution >= 4 is 27.5 Å². The Morgan fingerprint density at radius 1 is 1.11 bits per heavy atom. The maximum atomic E-state index is 6.14. The van der Waals surface area contributed by atoms with Crippen LogP contribution in [0.15, 0.2) is 42.5 Å². The van der Waals surface area contributed by atoms with E-state index in [1.54, 1.807) is 0 Å². The molecule has 2 aromatic rings. The lowest BCUT2D eigenvalue weighted by molar-refractivity contribution is 0.338. The molecule has 19 heavy (non-hydrogen) atoms. The Hall–Kier alpha value is -1.19. The molecule has 0 aromatic heterocycles. The van der Waals surface area contributed by atoms with E-state index in [2.05, 4.69) is 15.9 Å². The van der Waals surface area contributed by atoms with E-state index >= 15 is 0 Å². The average Bonchev–Trinajstić information content (AvgIpc) is 2.40. The lowest BCUT2D eigenvalue weighted by Gasteiger charge is -2.12. The maximum Gasteiger partial charge on any atom is 0.132 e. The van der Waals surface area contributed by atoms with Crippen molar-refractivity contribution in [1.82, 2.24) is 0 Å². The number of halogens is 2. The summed E-state index contributed by atoms with van der Waals surface area (Å²) < 4.78 is 11.3. The molecule has 2 rings (SSSR count). The van der Waals surface area contributed by atoms with Crippen LogP contribution >= 0.6 is 27.5 Å². The van der Waals surface area contributed by atoms with Gasteiger partial charge in [0, 0.05) is 22.0 Å². The van der Waals surface area contributed by atoms with Gasteiger partial charge in [-0.1, -0.05) is 39.7 Å². The Labute approximate surface area is 126 Å². The van der Waals surface area contributed by atoms with Crippen LogP contribution in [-0.4, -0.2) is 6.61 Å². The third-order valence-electron chi connectivity index (χ3n) is 2.55. The van der Waals surface area contributed by atoms with Gasteiger partial charge in [-0.05, 0) is 31.2 Å². The molecule has 0 saturated carbocycles. The number of hydrogen-bond donors (Lipinski definition) is 0. The van der Waals surface area contributed by atoms with Crippen LogP contribution in [0.4, 0.5) is 0 Å². The number of alkyl halides is 1. The molecule has 0 unspecified atom stereocenters. The zero-order valence-corrected chi connectivity index (χ0v) is 12.9. The van der Waals surface area contributed by atoms with Gasteiger partial charge in [0.2, 0.25) is 0 Å². The first-order valence-electron chi connectivity index (χ1n) is 5.98. The molecule has 100 valence electrons. The largest absolute Gasteiger partial charge is 0.494 e. The van der Waals surface area contributed by atoms with Crippen molar-refractivity contribution in [3.05, 3.63) is 53.1 Å². The molecule has 4 heteroatoms. The Morgan fingerprint density at radius 3 is 2.58 bits per heavy atom. The molecule has 0 spiro atoms. The summed E-state index contributed by atoms with van der Waals surface area (Å²) in [6, 6.07) is 13.2. The van der Waals surface area contributed by atoms with Gasteiger partial charge in [0.15, 0.2) is 0 Å². The number of rotatable bonds is 5. The van der Waals surface area contributed by atoms with Crippen LogP contribution in [0.2, 0.25) is 5.02 Å². The zero-order valence-electron chi connectivity index (χ0n) is 10.5. The molecule has 2 nitrogen and oxygen atoms in total. The lowest BCUT2D eigenvalue weighted by Crippen LogP contribution is -1.93. The second kappa shape index (κ2) is 6.83. The molecule has 0 bridgehead atoms. The molecule has 0 aliphatic carbocycles. The summed E-state index contributed by atoms with van der Waals surface area (Å²) >= 11 is 9.56. The highest BCUT2D eigenvalue weighted by molar-refractivity contribution is 9.08. The Morgan fingerprint density at radius 2 is 1.84 bits per heavy atom. The molecular formula is C15H14BrClO2. The van der Waals surface area contributed by atoms with Crippen LogP contribution < -0.4 is 9.47 Å². The molecule has 2 aromatic carbocycles. The summed E-state index contributed by atoms with van der Waals surface area (Å²) in [7, 11) is 0. The summed E-state index contributed by atoms with van der Waals surface area (Å²) in [4.78, 5) is 0. The van der Waals surface area contributed by atoms with E-state index in [9.17, 15) is 0 Å². The Bertz CT molecular complexity index is 558. The smallest absolute Gasteiger partial charge is 0.132 e. The van der Waals surface area contributed by atoms with E-state index in [-0.39, 0.29) is 0 Å². The molecule has 0 atom stereocenters. The van der Waals surface area contributed by atoms with E-state index in [0.717, 1.165) is 22.8 Å². The van der Waals surface area contributed by atoms with Crippen molar-refractivity contribution in [3.63, 3.8) is 0 Å². The van der Waals surface area contributed by atoms with Gasteiger partial charge in [0.25, 0.3) is 0 Å². The highest BCUT2D eigenvalue weighted by Crippen LogP contribution is 2.33. The minimum atomic E-state index is 0.632. The van der Waals surface area contributed by atoms with E-state index < -0.39 is 0 Å². The standard InChI is InChI=1S/C15H14BrClO2/c1-2-18-11-5-3-6-12(9-11)19-15-8-4-7-14(17)13(15)10-16/h3-9H,2,10H2,1H3. The second-order valence-electron chi connectivity index (χ2n) is 3.86. The normalized spacial score (nSPS) is 10.3. The van der Waals surface area contributed by atoms with Gasteiger partial charge in [-0.15, -0.1) is 0 Å². The molecule has 0 N–H and O–H groups in total. The predicted molar refractivity (Wildman–Crippen MR) is 81.8 cm³/mol. The topological polar surface area (TPSA) is 18.5 Å². The van der Waals surface area contributed by atoms with Crippen LogP contribution in [-0.2, 0) is 5.33 Å². The van der Waals surface area contributed by atoms with Crippen molar-refractivity contribution in [2.24, 2.45) is 0 Å². The van der Waals surface area contributed by atoms with E-state index in [0.29, 0.717) is 17.0 Å². The third kappa shape index (κ3) is 3.64. The SMILES string of the molecule is CCOc1cccc(Oc2cccc(Cl)c2CBr)c1. The monoisotopic (exact) mass is 340 g/mol. The molecule has 0 saturated heterocycles. The summed E-state index contributed by atoms with van der Waals surface area (Å²) in [5.74, 6) is 2.27. The van der Waals surface area contributed by atoms with Crippen LogP contribution in [0.1, 0.15) is 12.5 Å². The highest BCUT2D eigenvalue weighted by atomic mass is 79.9. The van der Waals surface area contributed by atoms with Crippen molar-refractivity contribution in [2.75, 3.05) is 6.61 Å². The first-order chi connectivity index (χ1) is 9.24. The van der Waals surface area contributed by atoms with E-state index in [1.807, 2.05) is 49.4 Å². The van der Waals surface area contributed by atoms with Crippen molar-refractivity contribution in [1.29, 1.82) is 0 Å². The highest BCUT2D eigenvalue weighted by Gasteiger charge is 2.08. The second-order valence-corrected chi connectivity index (χ2v) is 4.83. The Kier molecular flexibility index (Phi) is 5.11. The van der Waals surface area contributed by atoms with Crippen molar-refractivity contribution in [3.8, 4) is 17.2 Å². The van der Waals surface area contributed by atoms with Crippen LogP contribution in [0.3, 0.4) is 0 Å². The quantitative estimate of drug-likeness (QED) is 0.675. The molecule has 0 fully saturated rings. The molecule has 0 amide bonds. The average molecular weight is 342 g/mol. The fourth-order valence-corrected chi connectivity index (χ4v) is 2.66. The van der Waals surface area contributed by atoms with Crippen LogP contribution in [0.5, 0.6) is 17.2 Å². The number of benzene rings is 2. The maximum absolute atomic E-state index is 6.14. The zero-order chi connectivity index (χ0) is 13.7. The van der Waals surface area contributed by atoms with Crippen LogP contribution in [0, 0.1) is 0 Å². The fourth-order valence-electron chi connectivity index (χ4n) is 1.69. The first-order valence-corrected chi connectivity index (χ1v) is 7.48. The fraction of sp³-hybridized carbons (Fsp3) is 0.200. The summed E-state index contributed by atoms with van der Waals surface area (Å²) in [6.07, 6.45) is 0. The third-order valence-corrected chi connectivity index (χ3v) is 3.47.